The van der Waals surface area contributed by atoms with Gasteiger partial charge in [0.25, 0.3) is 0 Å². The Morgan fingerprint density at radius 2 is 0.662 bits per heavy atom. The molecule has 3 atom stereocenters. The number of aryl methyl sites for hydroxylation is 2. The van der Waals surface area contributed by atoms with E-state index in [0.29, 0.717) is 0 Å². The van der Waals surface area contributed by atoms with Crippen molar-refractivity contribution in [1.82, 2.24) is 0 Å². The first-order valence-corrected chi connectivity index (χ1v) is 28.5. The van der Waals surface area contributed by atoms with Gasteiger partial charge in [0.05, 0.1) is 5.41 Å². The molecule has 2 aliphatic rings. The standard InChI is InChI=1S/C69H44P2/c1-70-60-34-11-7-22-51(60)67-45(28-16-36-62(67)70)43-24-13-26-47-54(43)40-55-44(46-29-17-37-63-68(46)52-23-8-12-35-61(52)71(63)2)25-14-27-48(55)64(47)53-30-15-33-58-66(53)50-21-6-10-32-57(50)69(58)56-31-9-5-20-49(56)65-42-19-4-3-18-41(42)38-39-59(65)69/h3-40H,1-2H3. The number of hydrogen-bond donors (Lipinski definition) is 0. The van der Waals surface area contributed by atoms with Crippen molar-refractivity contribution in [3.8, 4) is 55.6 Å². The molecule has 2 heteroatoms. The zero-order chi connectivity index (χ0) is 46.7. The molecule has 2 aromatic heterocycles. The van der Waals surface area contributed by atoms with E-state index in [9.17, 15) is 0 Å². The molecule has 0 N–H and O–H groups in total. The normalized spacial score (nSPS) is 15.2. The van der Waals surface area contributed by atoms with Crippen molar-refractivity contribution in [2.45, 2.75) is 5.41 Å². The Bertz CT molecular complexity index is 4500. The first-order valence-electron chi connectivity index (χ1n) is 24.9. The SMILES string of the molecule is Cp1c2ccccc2c2c(-c3cccc4c(-c5cccc6c5-c5ccccc5C65c6ccccc6-c6c5ccc5ccccc65)c5cccc(-c6cccc7c6c6ccccc6p7C)c5cc34)cccc21. The van der Waals surface area contributed by atoms with E-state index < -0.39 is 20.5 Å². The van der Waals surface area contributed by atoms with Gasteiger partial charge in [0.15, 0.2) is 0 Å². The van der Waals surface area contributed by atoms with Crippen LogP contribution in [-0.4, -0.2) is 0 Å². The van der Waals surface area contributed by atoms with Crippen molar-refractivity contribution >= 4 is 89.4 Å². The molecule has 0 aliphatic heterocycles. The van der Waals surface area contributed by atoms with Gasteiger partial charge in [-0.2, -0.15) is 0 Å². The Morgan fingerprint density at radius 3 is 1.28 bits per heavy atom. The summed E-state index contributed by atoms with van der Waals surface area (Å²) < 4.78 is 0. The largest absolute Gasteiger partial charge is 0.112 e. The molecule has 0 saturated heterocycles. The highest BCUT2D eigenvalue weighted by molar-refractivity contribution is 7.60. The monoisotopic (exact) mass is 934 g/mol. The number of fused-ring (bicyclic) bond motifs is 20. The van der Waals surface area contributed by atoms with Crippen LogP contribution in [-0.2, 0) is 18.7 Å². The molecule has 0 amide bonds. The predicted octanol–water partition coefficient (Wildman–Crippen LogP) is 20.2. The topological polar surface area (TPSA) is 0 Å². The second-order valence-electron chi connectivity index (χ2n) is 19.9. The average Bonchev–Trinajstić information content (AvgIpc) is 4.12. The molecule has 2 heterocycles. The van der Waals surface area contributed by atoms with E-state index >= 15 is 0 Å². The lowest BCUT2D eigenvalue weighted by Gasteiger charge is -2.30. The predicted molar refractivity (Wildman–Crippen MR) is 309 cm³/mol. The summed E-state index contributed by atoms with van der Waals surface area (Å²) in [5.74, 6) is 0. The van der Waals surface area contributed by atoms with Crippen LogP contribution in [0.1, 0.15) is 22.3 Å². The van der Waals surface area contributed by atoms with Gasteiger partial charge < -0.3 is 0 Å². The fourth-order valence-electron chi connectivity index (χ4n) is 14.0. The molecule has 0 fully saturated rings. The molecule has 1 spiro atoms. The molecule has 14 aromatic rings. The van der Waals surface area contributed by atoms with Crippen molar-refractivity contribution in [3.05, 3.63) is 253 Å². The Morgan fingerprint density at radius 1 is 0.254 bits per heavy atom. The maximum absolute atomic E-state index is 2.57. The lowest BCUT2D eigenvalue weighted by Crippen LogP contribution is -2.25. The maximum Gasteiger partial charge on any atom is 0.0725 e. The zero-order valence-electron chi connectivity index (χ0n) is 39.3. The Labute approximate surface area is 414 Å². The second kappa shape index (κ2) is 14.5. The first-order chi connectivity index (χ1) is 35.1. The molecule has 0 radical (unpaired) electrons. The number of benzene rings is 12. The van der Waals surface area contributed by atoms with Gasteiger partial charge in [-0.05, 0) is 140 Å². The first kappa shape index (κ1) is 39.8. The molecule has 330 valence electrons. The second-order valence-corrected chi connectivity index (χ2v) is 24.0. The van der Waals surface area contributed by atoms with Gasteiger partial charge in [-0.3, -0.25) is 0 Å². The van der Waals surface area contributed by atoms with Crippen LogP contribution in [0.3, 0.4) is 0 Å². The van der Waals surface area contributed by atoms with E-state index in [1.165, 1.54) is 152 Å². The fraction of sp³-hybridized carbons (Fsp3) is 0.0435. The van der Waals surface area contributed by atoms with Crippen molar-refractivity contribution in [2.24, 2.45) is 13.3 Å². The Kier molecular flexibility index (Phi) is 8.16. The molecule has 3 unspecified atom stereocenters. The van der Waals surface area contributed by atoms with Crippen LogP contribution >= 0.6 is 15.1 Å². The minimum Gasteiger partial charge on any atom is -0.112 e. The van der Waals surface area contributed by atoms with Crippen molar-refractivity contribution in [1.29, 1.82) is 0 Å². The third-order valence-corrected chi connectivity index (χ3v) is 21.2. The van der Waals surface area contributed by atoms with Crippen molar-refractivity contribution in [2.75, 3.05) is 0 Å². The summed E-state index contributed by atoms with van der Waals surface area (Å²) in [4.78, 5) is 0. The molecule has 0 bridgehead atoms. The van der Waals surface area contributed by atoms with Crippen molar-refractivity contribution in [3.63, 3.8) is 0 Å². The minimum absolute atomic E-state index is 0.461. The van der Waals surface area contributed by atoms with Crippen LogP contribution in [0.15, 0.2) is 231 Å². The lowest BCUT2D eigenvalue weighted by molar-refractivity contribution is 0.794. The molecule has 2 aliphatic carbocycles. The molecule has 16 rings (SSSR count). The van der Waals surface area contributed by atoms with Crippen LogP contribution in [0.5, 0.6) is 0 Å². The van der Waals surface area contributed by atoms with Crippen LogP contribution in [0.4, 0.5) is 0 Å². The van der Waals surface area contributed by atoms with E-state index in [-0.39, 0.29) is 0 Å². The number of hydrogen-bond acceptors (Lipinski definition) is 0. The quantitative estimate of drug-likeness (QED) is 0.155. The fourth-order valence-corrected chi connectivity index (χ4v) is 18.0. The van der Waals surface area contributed by atoms with Crippen LogP contribution in [0.2, 0.25) is 0 Å². The Hall–Kier alpha value is -7.98. The van der Waals surface area contributed by atoms with Gasteiger partial charge in [-0.25, -0.2) is 0 Å². The summed E-state index contributed by atoms with van der Waals surface area (Å²) >= 11 is 0. The van der Waals surface area contributed by atoms with Gasteiger partial charge in [-0.15, -0.1) is 15.1 Å². The van der Waals surface area contributed by atoms with E-state index in [0.717, 1.165) is 0 Å². The molecular weight excluding hydrogens is 891 g/mol. The number of rotatable bonds is 3. The highest BCUT2D eigenvalue weighted by Gasteiger charge is 2.52. The van der Waals surface area contributed by atoms with Gasteiger partial charge in [0.2, 0.25) is 0 Å². The van der Waals surface area contributed by atoms with E-state index in [2.05, 4.69) is 244 Å². The average molecular weight is 935 g/mol. The highest BCUT2D eigenvalue weighted by atomic mass is 31.1. The lowest BCUT2D eigenvalue weighted by atomic mass is 9.70. The summed E-state index contributed by atoms with van der Waals surface area (Å²) in [6.07, 6.45) is 0. The van der Waals surface area contributed by atoms with Gasteiger partial charge >= 0.3 is 0 Å². The summed E-state index contributed by atoms with van der Waals surface area (Å²) in [6.45, 7) is 4.88. The molecule has 0 saturated carbocycles. The van der Waals surface area contributed by atoms with E-state index in [1.54, 1.807) is 0 Å². The smallest absolute Gasteiger partial charge is 0.0725 e. The van der Waals surface area contributed by atoms with Crippen LogP contribution in [0, 0.1) is 0 Å². The molecule has 71 heavy (non-hydrogen) atoms. The minimum atomic E-state index is -0.485. The maximum atomic E-state index is 2.57. The van der Waals surface area contributed by atoms with Gasteiger partial charge in [0, 0.05) is 31.2 Å². The Balaban J connectivity index is 1.07. The van der Waals surface area contributed by atoms with Gasteiger partial charge in [0.1, 0.15) is 0 Å². The van der Waals surface area contributed by atoms with Crippen LogP contribution in [0.25, 0.3) is 130 Å². The third-order valence-electron chi connectivity index (χ3n) is 16.8. The van der Waals surface area contributed by atoms with E-state index in [1.807, 2.05) is 0 Å². The third kappa shape index (κ3) is 5.07. The van der Waals surface area contributed by atoms with Gasteiger partial charge in [-0.1, -0.05) is 224 Å². The zero-order valence-corrected chi connectivity index (χ0v) is 41.1. The summed E-state index contributed by atoms with van der Waals surface area (Å²) in [5.41, 5.74) is 18.1. The highest BCUT2D eigenvalue weighted by Crippen LogP contribution is 2.65. The molecule has 12 aromatic carbocycles. The molecule has 0 nitrogen and oxygen atoms in total. The van der Waals surface area contributed by atoms with Crippen LogP contribution < -0.4 is 0 Å². The molecular formula is C69H44P2. The summed E-state index contributed by atoms with van der Waals surface area (Å²) in [6, 6.07) is 88.8. The summed E-state index contributed by atoms with van der Waals surface area (Å²) in [7, 11) is -0.923. The van der Waals surface area contributed by atoms with E-state index in [4.69, 9.17) is 0 Å². The van der Waals surface area contributed by atoms with Crippen molar-refractivity contribution < 1.29 is 0 Å². The summed E-state index contributed by atoms with van der Waals surface area (Å²) in [5, 5.41) is 19.2.